The number of pyridine rings is 1. The molecule has 2 heterocycles. The topological polar surface area (TPSA) is 99.6 Å². The maximum Gasteiger partial charge on any atom is 0.329 e. The quantitative estimate of drug-likeness (QED) is 0.794. The van der Waals surface area contributed by atoms with Gasteiger partial charge in [0, 0.05) is 19.2 Å². The molecular formula is C11H11N3O4. The number of hydrogen-bond donors (Lipinski definition) is 2. The Bertz CT molecular complexity index is 498. The third kappa shape index (κ3) is 2.62. The van der Waals surface area contributed by atoms with Gasteiger partial charge in [0.25, 0.3) is 0 Å². The molecule has 1 aromatic heterocycles. The van der Waals surface area contributed by atoms with Crippen molar-refractivity contribution in [3.8, 4) is 0 Å². The molecule has 1 fully saturated rings. The Kier molecular flexibility index (Phi) is 3.22. The Morgan fingerprint density at radius 3 is 2.78 bits per heavy atom. The van der Waals surface area contributed by atoms with Crippen LogP contribution in [-0.2, 0) is 16.0 Å². The number of anilines is 1. The molecule has 0 unspecified atom stereocenters. The number of carboxylic acid groups (broad SMARTS) is 1. The van der Waals surface area contributed by atoms with Crippen LogP contribution in [-0.4, -0.2) is 34.5 Å². The lowest BCUT2D eigenvalue weighted by Gasteiger charge is -2.25. The number of nitrogens with one attached hydrogen (secondary N) is 1. The van der Waals surface area contributed by atoms with E-state index in [0.29, 0.717) is 11.4 Å². The second-order valence-electron chi connectivity index (χ2n) is 3.85. The molecule has 0 aromatic carbocycles. The van der Waals surface area contributed by atoms with Crippen LogP contribution in [0.2, 0.25) is 0 Å². The summed E-state index contributed by atoms with van der Waals surface area (Å²) in [7, 11) is 0. The molecule has 0 saturated carbocycles. The molecule has 0 radical (unpaired) electrons. The molecule has 7 heteroatoms. The number of carbonyl (C=O) groups excluding carboxylic acids is 2. The zero-order valence-electron chi connectivity index (χ0n) is 9.42. The van der Waals surface area contributed by atoms with Gasteiger partial charge in [-0.15, -0.1) is 0 Å². The Balaban J connectivity index is 2.12. The maximum absolute atomic E-state index is 11.5. The fourth-order valence-electron chi connectivity index (χ4n) is 1.64. The van der Waals surface area contributed by atoms with E-state index in [1.54, 1.807) is 12.1 Å². The van der Waals surface area contributed by atoms with Gasteiger partial charge in [-0.3, -0.25) is 19.8 Å². The Morgan fingerprint density at radius 1 is 1.44 bits per heavy atom. The fourth-order valence-corrected chi connectivity index (χ4v) is 1.64. The number of aliphatic carboxylic acids is 1. The zero-order chi connectivity index (χ0) is 13.1. The van der Waals surface area contributed by atoms with Crippen molar-refractivity contribution in [3.05, 3.63) is 23.9 Å². The van der Waals surface area contributed by atoms with Crippen molar-refractivity contribution in [2.24, 2.45) is 0 Å². The van der Waals surface area contributed by atoms with Crippen LogP contribution in [0.5, 0.6) is 0 Å². The summed E-state index contributed by atoms with van der Waals surface area (Å²) in [4.78, 5) is 38.4. The number of carbonyl (C=O) groups is 3. The predicted octanol–water partition coefficient (Wildman–Crippen LogP) is 0.155. The Hall–Kier alpha value is -2.44. The largest absolute Gasteiger partial charge is 0.481 e. The van der Waals surface area contributed by atoms with Crippen LogP contribution in [0.4, 0.5) is 10.6 Å². The van der Waals surface area contributed by atoms with Gasteiger partial charge < -0.3 is 5.11 Å². The molecule has 18 heavy (non-hydrogen) atoms. The van der Waals surface area contributed by atoms with E-state index in [2.05, 4.69) is 10.3 Å². The summed E-state index contributed by atoms with van der Waals surface area (Å²) in [5, 5.41) is 10.8. The van der Waals surface area contributed by atoms with E-state index in [4.69, 9.17) is 5.11 Å². The molecule has 1 saturated heterocycles. The van der Waals surface area contributed by atoms with Crippen molar-refractivity contribution >= 4 is 23.7 Å². The second kappa shape index (κ2) is 4.82. The SMILES string of the molecule is O=C(O)Cc1ccc(N2CCC(=O)NC2=O)nc1. The monoisotopic (exact) mass is 249 g/mol. The molecule has 0 atom stereocenters. The number of imide groups is 1. The summed E-state index contributed by atoms with van der Waals surface area (Å²) >= 11 is 0. The van der Waals surface area contributed by atoms with Gasteiger partial charge in [0.15, 0.2) is 0 Å². The number of rotatable bonds is 3. The molecule has 0 bridgehead atoms. The number of carboxylic acids is 1. The molecule has 0 spiro atoms. The summed E-state index contributed by atoms with van der Waals surface area (Å²) in [6, 6.07) is 2.65. The fraction of sp³-hybridized carbons (Fsp3) is 0.273. The summed E-state index contributed by atoms with van der Waals surface area (Å²) in [5.41, 5.74) is 0.555. The second-order valence-corrected chi connectivity index (χ2v) is 3.85. The average molecular weight is 249 g/mol. The van der Waals surface area contributed by atoms with Gasteiger partial charge in [-0.05, 0) is 11.6 Å². The molecule has 2 rings (SSSR count). The van der Waals surface area contributed by atoms with Crippen molar-refractivity contribution in [2.75, 3.05) is 11.4 Å². The first-order valence-electron chi connectivity index (χ1n) is 5.34. The predicted molar refractivity (Wildman–Crippen MR) is 61.1 cm³/mol. The number of urea groups is 1. The van der Waals surface area contributed by atoms with Crippen molar-refractivity contribution in [2.45, 2.75) is 12.8 Å². The lowest BCUT2D eigenvalue weighted by molar-refractivity contribution is -0.136. The third-order valence-corrected chi connectivity index (χ3v) is 2.49. The van der Waals surface area contributed by atoms with Crippen LogP contribution < -0.4 is 10.2 Å². The van der Waals surface area contributed by atoms with E-state index in [1.807, 2.05) is 0 Å². The van der Waals surface area contributed by atoms with Crippen LogP contribution in [0.3, 0.4) is 0 Å². The first-order chi connectivity index (χ1) is 8.56. The van der Waals surface area contributed by atoms with Gasteiger partial charge in [0.05, 0.1) is 6.42 Å². The molecule has 0 aliphatic carbocycles. The van der Waals surface area contributed by atoms with Gasteiger partial charge in [0.1, 0.15) is 5.82 Å². The molecular weight excluding hydrogens is 238 g/mol. The highest BCUT2D eigenvalue weighted by Crippen LogP contribution is 2.14. The smallest absolute Gasteiger partial charge is 0.329 e. The van der Waals surface area contributed by atoms with Crippen molar-refractivity contribution in [1.29, 1.82) is 0 Å². The zero-order valence-corrected chi connectivity index (χ0v) is 9.42. The first kappa shape index (κ1) is 12.0. The number of aromatic nitrogens is 1. The van der Waals surface area contributed by atoms with E-state index in [9.17, 15) is 14.4 Å². The van der Waals surface area contributed by atoms with E-state index in [-0.39, 0.29) is 25.3 Å². The molecule has 7 nitrogen and oxygen atoms in total. The van der Waals surface area contributed by atoms with E-state index < -0.39 is 12.0 Å². The third-order valence-electron chi connectivity index (χ3n) is 2.49. The summed E-state index contributed by atoms with van der Waals surface area (Å²) in [6.45, 7) is 0.274. The van der Waals surface area contributed by atoms with Gasteiger partial charge in [-0.2, -0.15) is 0 Å². The minimum Gasteiger partial charge on any atom is -0.481 e. The molecule has 94 valence electrons. The minimum absolute atomic E-state index is 0.113. The molecule has 1 aliphatic heterocycles. The van der Waals surface area contributed by atoms with E-state index >= 15 is 0 Å². The molecule has 1 aliphatic rings. The van der Waals surface area contributed by atoms with Gasteiger partial charge in [0.2, 0.25) is 5.91 Å². The number of hydrogen-bond acceptors (Lipinski definition) is 4. The van der Waals surface area contributed by atoms with Crippen LogP contribution in [0, 0.1) is 0 Å². The minimum atomic E-state index is -0.939. The Labute approximate surface area is 102 Å². The van der Waals surface area contributed by atoms with Crippen LogP contribution in [0.15, 0.2) is 18.3 Å². The van der Waals surface area contributed by atoms with Gasteiger partial charge in [-0.25, -0.2) is 9.78 Å². The lowest BCUT2D eigenvalue weighted by Crippen LogP contribution is -2.49. The number of nitrogens with zero attached hydrogens (tertiary/aromatic N) is 2. The van der Waals surface area contributed by atoms with Gasteiger partial charge in [-0.1, -0.05) is 6.07 Å². The van der Waals surface area contributed by atoms with Crippen LogP contribution in [0.25, 0.3) is 0 Å². The summed E-state index contributed by atoms with van der Waals surface area (Å²) in [6.07, 6.45) is 1.52. The lowest BCUT2D eigenvalue weighted by atomic mass is 10.2. The van der Waals surface area contributed by atoms with E-state index in [0.717, 1.165) is 0 Å². The number of amides is 3. The molecule has 3 amide bonds. The van der Waals surface area contributed by atoms with Gasteiger partial charge >= 0.3 is 12.0 Å². The molecule has 1 aromatic rings. The van der Waals surface area contributed by atoms with Crippen molar-refractivity contribution < 1.29 is 19.5 Å². The van der Waals surface area contributed by atoms with E-state index in [1.165, 1.54) is 11.1 Å². The maximum atomic E-state index is 11.5. The molecule has 2 N–H and O–H groups in total. The van der Waals surface area contributed by atoms with Crippen LogP contribution >= 0.6 is 0 Å². The highest BCUT2D eigenvalue weighted by molar-refractivity contribution is 6.05. The van der Waals surface area contributed by atoms with Crippen molar-refractivity contribution in [1.82, 2.24) is 10.3 Å². The summed E-state index contributed by atoms with van der Waals surface area (Å²) in [5.74, 6) is -0.848. The normalized spacial score (nSPS) is 15.4. The standard InChI is InChI=1S/C11H11N3O4/c15-9-3-4-14(11(18)13-9)8-2-1-7(6-12-8)5-10(16)17/h1-2,6H,3-5H2,(H,16,17)(H,13,15,18). The highest BCUT2D eigenvalue weighted by Gasteiger charge is 2.24. The van der Waals surface area contributed by atoms with Crippen LogP contribution in [0.1, 0.15) is 12.0 Å². The first-order valence-corrected chi connectivity index (χ1v) is 5.34. The average Bonchev–Trinajstić information content (AvgIpc) is 2.30. The summed E-state index contributed by atoms with van der Waals surface area (Å²) < 4.78 is 0. The Morgan fingerprint density at radius 2 is 2.22 bits per heavy atom. The highest BCUT2D eigenvalue weighted by atomic mass is 16.4. The van der Waals surface area contributed by atoms with Crippen molar-refractivity contribution in [3.63, 3.8) is 0 Å².